The van der Waals surface area contributed by atoms with Gasteiger partial charge in [0.1, 0.15) is 16.5 Å². The fourth-order valence-electron chi connectivity index (χ4n) is 2.46. The van der Waals surface area contributed by atoms with Crippen molar-refractivity contribution in [3.8, 4) is 0 Å². The van der Waals surface area contributed by atoms with Crippen molar-refractivity contribution in [3.63, 3.8) is 0 Å². The molecule has 18 heavy (non-hydrogen) atoms. The number of anilines is 1. The topological polar surface area (TPSA) is 3.24 Å². The molecule has 98 valence electrons. The first kappa shape index (κ1) is 20.7. The van der Waals surface area contributed by atoms with E-state index in [1.807, 2.05) is 0 Å². The number of halogens is 1. The third-order valence-corrected chi connectivity index (χ3v) is 9.76. The minimum absolute atomic E-state index is 0. The van der Waals surface area contributed by atoms with Gasteiger partial charge < -0.3 is 16.6 Å². The second-order valence-corrected chi connectivity index (χ2v) is 16.3. The van der Waals surface area contributed by atoms with Crippen molar-refractivity contribution in [3.05, 3.63) is 36.8 Å². The molecule has 0 saturated carbocycles. The summed E-state index contributed by atoms with van der Waals surface area (Å²) in [4.78, 5) is 0. The zero-order valence-corrected chi connectivity index (χ0v) is 16.7. The number of benzene rings is 1. The standard InChI is InChI=1S/C13H24NSi2.ClH.Mg/c1-12-10-8-9-11-13(12)14(15(2,3)4)16(5,6)7;;/h8-11H,1H2,2-7H3;1H;/q-1;;+2/p-1. The van der Waals surface area contributed by atoms with Crippen LogP contribution in [0, 0.1) is 6.92 Å². The van der Waals surface area contributed by atoms with Gasteiger partial charge in [-0.15, -0.1) is 6.07 Å². The fraction of sp³-hybridized carbons (Fsp3) is 0.462. The molecule has 1 aromatic carbocycles. The SMILES string of the molecule is [CH2-]c1ccccc1N([Si](C)(C)C)[Si](C)(C)C.[Cl-].[Mg+2]. The van der Waals surface area contributed by atoms with Gasteiger partial charge in [0.25, 0.3) is 0 Å². The molecule has 0 radical (unpaired) electrons. The molecule has 0 aromatic heterocycles. The Kier molecular flexibility index (Phi) is 8.32. The maximum Gasteiger partial charge on any atom is 2.00 e. The van der Waals surface area contributed by atoms with Crippen LogP contribution >= 0.6 is 0 Å². The summed E-state index contributed by atoms with van der Waals surface area (Å²) in [5.41, 5.74) is 2.51. The van der Waals surface area contributed by atoms with Crippen molar-refractivity contribution in [2.24, 2.45) is 0 Å². The van der Waals surface area contributed by atoms with E-state index in [4.69, 9.17) is 0 Å². The minimum Gasteiger partial charge on any atom is -1.00 e. The predicted molar refractivity (Wildman–Crippen MR) is 85.8 cm³/mol. The normalized spacial score (nSPS) is 11.2. The molecule has 0 unspecified atom stereocenters. The van der Waals surface area contributed by atoms with E-state index in [1.54, 1.807) is 0 Å². The van der Waals surface area contributed by atoms with Crippen molar-refractivity contribution < 1.29 is 12.4 Å². The van der Waals surface area contributed by atoms with Gasteiger partial charge >= 0.3 is 23.1 Å². The molecular formula is C13H24ClMgNSi2. The summed E-state index contributed by atoms with van der Waals surface area (Å²) < 4.78 is 2.71. The molecule has 0 heterocycles. The van der Waals surface area contributed by atoms with Gasteiger partial charge in [0, 0.05) is 0 Å². The van der Waals surface area contributed by atoms with Gasteiger partial charge in [0.2, 0.25) is 0 Å². The Labute approximate surface area is 137 Å². The molecule has 1 aromatic rings. The van der Waals surface area contributed by atoms with E-state index < -0.39 is 16.5 Å². The number of hydrogen-bond acceptors (Lipinski definition) is 1. The predicted octanol–water partition coefficient (Wildman–Crippen LogP) is 0.968. The van der Waals surface area contributed by atoms with Crippen molar-refractivity contribution in [1.29, 1.82) is 0 Å². The van der Waals surface area contributed by atoms with Crippen molar-refractivity contribution in [1.82, 2.24) is 0 Å². The smallest absolute Gasteiger partial charge is 1.00 e. The maximum absolute atomic E-state index is 4.17. The third-order valence-electron chi connectivity index (χ3n) is 2.57. The van der Waals surface area contributed by atoms with Crippen LogP contribution in [0.2, 0.25) is 39.3 Å². The van der Waals surface area contributed by atoms with Gasteiger partial charge in [-0.3, -0.25) is 0 Å². The molecule has 0 bridgehead atoms. The number of hydrogen-bond donors (Lipinski definition) is 0. The van der Waals surface area contributed by atoms with E-state index in [0.717, 1.165) is 5.56 Å². The van der Waals surface area contributed by atoms with Crippen LogP contribution in [0.15, 0.2) is 24.3 Å². The van der Waals surface area contributed by atoms with Crippen LogP contribution < -0.4 is 16.6 Å². The van der Waals surface area contributed by atoms with Gasteiger partial charge in [0.05, 0.1) is 0 Å². The number of rotatable bonds is 3. The van der Waals surface area contributed by atoms with Crippen molar-refractivity contribution >= 4 is 45.2 Å². The summed E-state index contributed by atoms with van der Waals surface area (Å²) in [6.07, 6.45) is 0. The summed E-state index contributed by atoms with van der Waals surface area (Å²) in [6.45, 7) is 18.7. The van der Waals surface area contributed by atoms with Crippen LogP contribution in [-0.2, 0) is 0 Å². The molecule has 1 nitrogen and oxygen atoms in total. The van der Waals surface area contributed by atoms with Crippen LogP contribution in [0.3, 0.4) is 0 Å². The van der Waals surface area contributed by atoms with Crippen LogP contribution in [0.5, 0.6) is 0 Å². The summed E-state index contributed by atoms with van der Waals surface area (Å²) in [5, 5.41) is 0. The molecule has 0 aliphatic heterocycles. The van der Waals surface area contributed by atoms with E-state index in [0.29, 0.717) is 0 Å². The van der Waals surface area contributed by atoms with E-state index in [2.05, 4.69) is 74.7 Å². The second-order valence-electron chi connectivity index (χ2n) is 6.31. The van der Waals surface area contributed by atoms with Crippen molar-refractivity contribution in [2.75, 3.05) is 4.23 Å². The van der Waals surface area contributed by atoms with E-state index in [1.165, 1.54) is 5.69 Å². The van der Waals surface area contributed by atoms with E-state index in [-0.39, 0.29) is 35.5 Å². The molecule has 0 aliphatic rings. The Bertz CT molecular complexity index is 358. The van der Waals surface area contributed by atoms with Crippen LogP contribution in [-0.4, -0.2) is 39.5 Å². The largest absolute Gasteiger partial charge is 2.00 e. The average molecular weight is 310 g/mol. The molecular weight excluding hydrogens is 286 g/mol. The van der Waals surface area contributed by atoms with Crippen LogP contribution in [0.25, 0.3) is 0 Å². The number of para-hydroxylation sites is 1. The van der Waals surface area contributed by atoms with Gasteiger partial charge in [-0.1, -0.05) is 57.1 Å². The summed E-state index contributed by atoms with van der Waals surface area (Å²) in [6, 6.07) is 8.52. The average Bonchev–Trinajstić information content (AvgIpc) is 2.03. The Morgan fingerprint density at radius 2 is 1.28 bits per heavy atom. The third kappa shape index (κ3) is 5.17. The van der Waals surface area contributed by atoms with Crippen LogP contribution in [0.1, 0.15) is 5.56 Å². The monoisotopic (exact) mass is 309 g/mol. The summed E-state index contributed by atoms with van der Waals surface area (Å²) in [5.74, 6) is 0. The first-order chi connectivity index (χ1) is 7.14. The Morgan fingerprint density at radius 1 is 0.889 bits per heavy atom. The molecule has 0 aliphatic carbocycles. The van der Waals surface area contributed by atoms with Gasteiger partial charge in [-0.2, -0.15) is 18.6 Å². The first-order valence-corrected chi connectivity index (χ1v) is 12.7. The zero-order chi connectivity index (χ0) is 12.6. The molecule has 0 atom stereocenters. The summed E-state index contributed by atoms with van der Waals surface area (Å²) >= 11 is 0. The van der Waals surface area contributed by atoms with E-state index in [9.17, 15) is 0 Å². The molecule has 0 fully saturated rings. The molecule has 0 amide bonds. The zero-order valence-electron chi connectivity index (χ0n) is 12.5. The quantitative estimate of drug-likeness (QED) is 0.594. The molecule has 5 heteroatoms. The Morgan fingerprint density at radius 3 is 1.61 bits per heavy atom. The molecule has 1 rings (SSSR count). The number of nitrogens with zero attached hydrogens (tertiary/aromatic N) is 1. The Balaban J connectivity index is 0. The van der Waals surface area contributed by atoms with E-state index >= 15 is 0 Å². The molecule has 0 saturated heterocycles. The second kappa shape index (κ2) is 7.24. The Hall–Kier alpha value is 0.380. The van der Waals surface area contributed by atoms with Gasteiger partial charge in [-0.05, 0) is 0 Å². The fourth-order valence-corrected chi connectivity index (χ4v) is 12.4. The molecule has 0 spiro atoms. The van der Waals surface area contributed by atoms with Crippen molar-refractivity contribution in [2.45, 2.75) is 39.3 Å². The first-order valence-electron chi connectivity index (χ1n) is 5.85. The van der Waals surface area contributed by atoms with Gasteiger partial charge in [-0.25, -0.2) is 0 Å². The van der Waals surface area contributed by atoms with Gasteiger partial charge in [0.15, 0.2) is 0 Å². The maximum atomic E-state index is 4.17. The summed E-state index contributed by atoms with van der Waals surface area (Å²) in [7, 11) is -2.68. The molecule has 0 N–H and O–H groups in total. The van der Waals surface area contributed by atoms with Crippen LogP contribution in [0.4, 0.5) is 5.69 Å². The minimum atomic E-state index is -1.34.